The van der Waals surface area contributed by atoms with Gasteiger partial charge in [0.15, 0.2) is 0 Å². The number of nitrogens with two attached hydrogens (primary N) is 1. The second-order valence-electron chi connectivity index (χ2n) is 3.80. The van der Waals surface area contributed by atoms with Gasteiger partial charge < -0.3 is 15.6 Å². The lowest BCUT2D eigenvalue weighted by molar-refractivity contribution is -0.00520. The number of benzene rings is 1. The van der Waals surface area contributed by atoms with Gasteiger partial charge in [-0.15, -0.1) is 0 Å². The van der Waals surface area contributed by atoms with E-state index in [1.807, 2.05) is 6.07 Å². The molecule has 2 rings (SSSR count). The van der Waals surface area contributed by atoms with Gasteiger partial charge in [-0.2, -0.15) is 0 Å². The number of carbonyl (C=O) groups excluding carboxylic acids is 1. The molecule has 0 saturated carbocycles. The SMILES string of the molecule is NC(=O)O[C@H]1CCc2cc(Cl)ccc2[C@H]1O. The lowest BCUT2D eigenvalue weighted by Crippen LogP contribution is -2.32. The first-order valence-electron chi connectivity index (χ1n) is 5.00. The predicted octanol–water partition coefficient (Wildman–Crippen LogP) is 1.78. The van der Waals surface area contributed by atoms with Crippen LogP contribution in [0.3, 0.4) is 0 Å². The second-order valence-corrected chi connectivity index (χ2v) is 4.24. The van der Waals surface area contributed by atoms with Gasteiger partial charge in [-0.1, -0.05) is 17.7 Å². The number of halogens is 1. The smallest absolute Gasteiger partial charge is 0.404 e. The summed E-state index contributed by atoms with van der Waals surface area (Å²) in [4.78, 5) is 10.6. The van der Waals surface area contributed by atoms with Crippen LogP contribution in [0.1, 0.15) is 23.7 Å². The van der Waals surface area contributed by atoms with Crippen LogP contribution in [0.2, 0.25) is 5.02 Å². The molecular formula is C11H12ClNO3. The summed E-state index contributed by atoms with van der Waals surface area (Å²) >= 11 is 5.86. The van der Waals surface area contributed by atoms with E-state index in [4.69, 9.17) is 22.1 Å². The summed E-state index contributed by atoms with van der Waals surface area (Å²) in [6.45, 7) is 0. The summed E-state index contributed by atoms with van der Waals surface area (Å²) in [6, 6.07) is 5.27. The Labute approximate surface area is 98.0 Å². The molecule has 1 aromatic rings. The zero-order valence-electron chi connectivity index (χ0n) is 8.52. The van der Waals surface area contributed by atoms with Gasteiger partial charge in [0.2, 0.25) is 0 Å². The van der Waals surface area contributed by atoms with Crippen LogP contribution in [0.25, 0.3) is 0 Å². The maximum atomic E-state index is 10.6. The number of aryl methyl sites for hydroxylation is 1. The summed E-state index contributed by atoms with van der Waals surface area (Å²) in [7, 11) is 0. The quantitative estimate of drug-likeness (QED) is 0.787. The van der Waals surface area contributed by atoms with Crippen molar-refractivity contribution >= 4 is 17.7 Å². The second kappa shape index (κ2) is 4.31. The van der Waals surface area contributed by atoms with E-state index in [1.165, 1.54) is 0 Å². The van der Waals surface area contributed by atoms with Crippen LogP contribution in [0.15, 0.2) is 18.2 Å². The number of hydrogen-bond donors (Lipinski definition) is 2. The molecule has 1 amide bonds. The van der Waals surface area contributed by atoms with Gasteiger partial charge in [0.1, 0.15) is 12.2 Å². The predicted molar refractivity (Wildman–Crippen MR) is 59.2 cm³/mol. The van der Waals surface area contributed by atoms with Crippen LogP contribution in [0.4, 0.5) is 4.79 Å². The Bertz CT molecular complexity index is 422. The molecule has 1 aliphatic rings. The first-order valence-corrected chi connectivity index (χ1v) is 5.38. The van der Waals surface area contributed by atoms with Crippen molar-refractivity contribution in [2.45, 2.75) is 25.0 Å². The van der Waals surface area contributed by atoms with E-state index in [-0.39, 0.29) is 0 Å². The highest BCUT2D eigenvalue weighted by molar-refractivity contribution is 6.30. The Morgan fingerprint density at radius 1 is 1.56 bits per heavy atom. The Kier molecular flexibility index (Phi) is 3.03. The highest BCUT2D eigenvalue weighted by atomic mass is 35.5. The minimum Gasteiger partial charge on any atom is -0.443 e. The number of aliphatic hydroxyl groups excluding tert-OH is 1. The van der Waals surface area contributed by atoms with E-state index < -0.39 is 18.3 Å². The van der Waals surface area contributed by atoms with Crippen molar-refractivity contribution in [3.05, 3.63) is 34.3 Å². The maximum Gasteiger partial charge on any atom is 0.404 e. The average molecular weight is 242 g/mol. The highest BCUT2D eigenvalue weighted by Crippen LogP contribution is 2.33. The van der Waals surface area contributed by atoms with Crippen LogP contribution >= 0.6 is 11.6 Å². The van der Waals surface area contributed by atoms with Crippen molar-refractivity contribution < 1.29 is 14.6 Å². The zero-order chi connectivity index (χ0) is 11.7. The van der Waals surface area contributed by atoms with Crippen LogP contribution in [0, 0.1) is 0 Å². The Hall–Kier alpha value is -1.26. The molecule has 16 heavy (non-hydrogen) atoms. The van der Waals surface area contributed by atoms with E-state index in [0.717, 1.165) is 11.1 Å². The Morgan fingerprint density at radius 2 is 2.31 bits per heavy atom. The highest BCUT2D eigenvalue weighted by Gasteiger charge is 2.30. The molecule has 5 heteroatoms. The summed E-state index contributed by atoms with van der Waals surface area (Å²) in [5, 5.41) is 10.6. The van der Waals surface area contributed by atoms with Crippen LogP contribution in [0.5, 0.6) is 0 Å². The zero-order valence-corrected chi connectivity index (χ0v) is 9.28. The van der Waals surface area contributed by atoms with E-state index >= 15 is 0 Å². The molecule has 3 N–H and O–H groups in total. The number of carbonyl (C=O) groups is 1. The van der Waals surface area contributed by atoms with E-state index in [1.54, 1.807) is 12.1 Å². The molecule has 0 fully saturated rings. The summed E-state index contributed by atoms with van der Waals surface area (Å²) in [5.74, 6) is 0. The minimum atomic E-state index is -0.860. The van der Waals surface area contributed by atoms with Gasteiger partial charge in [0, 0.05) is 5.02 Å². The van der Waals surface area contributed by atoms with Crippen molar-refractivity contribution in [2.24, 2.45) is 5.73 Å². The fourth-order valence-electron chi connectivity index (χ4n) is 2.01. The molecular weight excluding hydrogens is 230 g/mol. The van der Waals surface area contributed by atoms with Crippen molar-refractivity contribution in [3.63, 3.8) is 0 Å². The molecule has 4 nitrogen and oxygen atoms in total. The largest absolute Gasteiger partial charge is 0.443 e. The fourth-order valence-corrected chi connectivity index (χ4v) is 2.20. The number of amides is 1. The molecule has 0 bridgehead atoms. The standard InChI is InChI=1S/C11H12ClNO3/c12-7-2-3-8-6(5-7)1-4-9(10(8)14)16-11(13)15/h2-3,5,9-10,14H,1,4H2,(H2,13,15)/t9-,10+/m0/s1. The molecule has 0 aromatic heterocycles. The molecule has 0 spiro atoms. The third kappa shape index (κ3) is 2.13. The van der Waals surface area contributed by atoms with Gasteiger partial charge in [0.25, 0.3) is 0 Å². The van der Waals surface area contributed by atoms with Crippen LogP contribution in [-0.2, 0) is 11.2 Å². The van der Waals surface area contributed by atoms with Crippen molar-refractivity contribution in [2.75, 3.05) is 0 Å². The first kappa shape index (κ1) is 11.2. The average Bonchev–Trinajstić information content (AvgIpc) is 2.22. The molecule has 1 aromatic carbocycles. The number of primary amides is 1. The van der Waals surface area contributed by atoms with Gasteiger partial charge in [0.05, 0.1) is 0 Å². The monoisotopic (exact) mass is 241 g/mol. The Morgan fingerprint density at radius 3 is 3.00 bits per heavy atom. The normalized spacial score (nSPS) is 23.6. The summed E-state index contributed by atoms with van der Waals surface area (Å²) < 4.78 is 4.85. The number of ether oxygens (including phenoxy) is 1. The number of hydrogen-bond acceptors (Lipinski definition) is 3. The molecule has 1 aliphatic carbocycles. The van der Waals surface area contributed by atoms with Gasteiger partial charge in [-0.25, -0.2) is 4.79 Å². The van der Waals surface area contributed by atoms with Gasteiger partial charge >= 0.3 is 6.09 Å². The third-order valence-corrected chi connectivity index (χ3v) is 2.98. The molecule has 0 unspecified atom stereocenters. The number of fused-ring (bicyclic) bond motifs is 1. The van der Waals surface area contributed by atoms with Gasteiger partial charge in [-0.3, -0.25) is 0 Å². The maximum absolute atomic E-state index is 10.6. The molecule has 2 atom stereocenters. The van der Waals surface area contributed by atoms with E-state index in [0.29, 0.717) is 17.9 Å². The first-order chi connectivity index (χ1) is 7.58. The number of rotatable bonds is 1. The third-order valence-electron chi connectivity index (χ3n) is 2.74. The number of aliphatic hydroxyl groups is 1. The summed E-state index contributed by atoms with van der Waals surface area (Å²) in [6.07, 6.45) is -0.983. The van der Waals surface area contributed by atoms with Crippen molar-refractivity contribution in [1.29, 1.82) is 0 Å². The van der Waals surface area contributed by atoms with Crippen molar-refractivity contribution in [3.8, 4) is 0 Å². The molecule has 0 aliphatic heterocycles. The topological polar surface area (TPSA) is 72.6 Å². The van der Waals surface area contributed by atoms with E-state index in [2.05, 4.69) is 0 Å². The minimum absolute atomic E-state index is 0.553. The lowest BCUT2D eigenvalue weighted by atomic mass is 9.87. The molecule has 0 saturated heterocycles. The van der Waals surface area contributed by atoms with Crippen LogP contribution in [-0.4, -0.2) is 17.3 Å². The molecule has 86 valence electrons. The van der Waals surface area contributed by atoms with E-state index in [9.17, 15) is 9.90 Å². The molecule has 0 radical (unpaired) electrons. The fraction of sp³-hybridized carbons (Fsp3) is 0.364. The summed E-state index contributed by atoms with van der Waals surface area (Å²) in [5.41, 5.74) is 6.68. The molecule has 0 heterocycles. The van der Waals surface area contributed by atoms with Crippen molar-refractivity contribution in [1.82, 2.24) is 0 Å². The Balaban J connectivity index is 2.25. The van der Waals surface area contributed by atoms with Crippen LogP contribution < -0.4 is 5.73 Å². The van der Waals surface area contributed by atoms with Gasteiger partial charge in [-0.05, 0) is 36.1 Å². The lowest BCUT2D eigenvalue weighted by Gasteiger charge is -2.29.